The molecule has 2 N–H and O–H groups in total. The van der Waals surface area contributed by atoms with Gasteiger partial charge in [-0.1, -0.05) is 6.07 Å². The molecule has 2 rings (SSSR count). The van der Waals surface area contributed by atoms with Gasteiger partial charge in [0.1, 0.15) is 5.82 Å². The third kappa shape index (κ3) is 2.69. The zero-order chi connectivity index (χ0) is 13.1. The van der Waals surface area contributed by atoms with Gasteiger partial charge in [0.2, 0.25) is 0 Å². The van der Waals surface area contributed by atoms with Crippen LogP contribution in [-0.4, -0.2) is 24.0 Å². The van der Waals surface area contributed by atoms with Crippen LogP contribution >= 0.6 is 0 Å². The van der Waals surface area contributed by atoms with Gasteiger partial charge in [0.05, 0.1) is 11.6 Å². The number of halogens is 1. The second kappa shape index (κ2) is 5.47. The molecule has 2 atom stereocenters. The number of nitriles is 1. The van der Waals surface area contributed by atoms with E-state index >= 15 is 0 Å². The number of nitrogens with zero attached hydrogens (tertiary/aromatic N) is 2. The van der Waals surface area contributed by atoms with Crippen LogP contribution in [0.5, 0.6) is 0 Å². The van der Waals surface area contributed by atoms with Crippen molar-refractivity contribution in [1.29, 1.82) is 5.26 Å². The molecular formula is C14H18FN3. The molecule has 1 heterocycles. The average molecular weight is 247 g/mol. The predicted octanol–water partition coefficient (Wildman–Crippen LogP) is 1.87. The van der Waals surface area contributed by atoms with Gasteiger partial charge >= 0.3 is 0 Å². The molecule has 0 bridgehead atoms. The fraction of sp³-hybridized carbons (Fsp3) is 0.500. The minimum absolute atomic E-state index is 0.357. The van der Waals surface area contributed by atoms with Gasteiger partial charge in [-0.3, -0.25) is 4.90 Å². The Morgan fingerprint density at radius 3 is 2.94 bits per heavy atom. The summed E-state index contributed by atoms with van der Waals surface area (Å²) >= 11 is 0. The lowest BCUT2D eigenvalue weighted by atomic mass is 10.1. The quantitative estimate of drug-likeness (QED) is 0.887. The van der Waals surface area contributed by atoms with E-state index in [9.17, 15) is 4.39 Å². The molecule has 1 aromatic carbocycles. The highest BCUT2D eigenvalue weighted by Gasteiger charge is 2.28. The summed E-state index contributed by atoms with van der Waals surface area (Å²) in [5.41, 5.74) is 7.02. The van der Waals surface area contributed by atoms with Gasteiger partial charge in [0.15, 0.2) is 0 Å². The lowest BCUT2D eigenvalue weighted by Crippen LogP contribution is -2.27. The normalized spacial score (nSPS) is 24.1. The maximum absolute atomic E-state index is 13.1. The summed E-state index contributed by atoms with van der Waals surface area (Å²) in [6.07, 6.45) is 1.10. The molecule has 96 valence electrons. The molecule has 0 aliphatic carbocycles. The van der Waals surface area contributed by atoms with Crippen LogP contribution in [-0.2, 0) is 6.54 Å². The van der Waals surface area contributed by atoms with Gasteiger partial charge in [0.25, 0.3) is 0 Å². The first-order valence-corrected chi connectivity index (χ1v) is 6.26. The summed E-state index contributed by atoms with van der Waals surface area (Å²) in [4.78, 5) is 2.31. The van der Waals surface area contributed by atoms with Crippen molar-refractivity contribution in [2.45, 2.75) is 25.9 Å². The summed E-state index contributed by atoms with van der Waals surface area (Å²) in [6.45, 7) is 4.53. The minimum Gasteiger partial charge on any atom is -0.330 e. The number of hydrogen-bond acceptors (Lipinski definition) is 3. The van der Waals surface area contributed by atoms with E-state index < -0.39 is 0 Å². The third-order valence-electron chi connectivity index (χ3n) is 3.69. The monoisotopic (exact) mass is 247 g/mol. The minimum atomic E-state index is -0.357. The topological polar surface area (TPSA) is 53.0 Å². The zero-order valence-electron chi connectivity index (χ0n) is 10.6. The van der Waals surface area contributed by atoms with Crippen molar-refractivity contribution in [3.8, 4) is 6.07 Å². The Morgan fingerprint density at radius 1 is 1.56 bits per heavy atom. The van der Waals surface area contributed by atoms with Crippen LogP contribution in [0.25, 0.3) is 0 Å². The molecule has 2 unspecified atom stereocenters. The van der Waals surface area contributed by atoms with Crippen LogP contribution in [0.2, 0.25) is 0 Å². The van der Waals surface area contributed by atoms with Gasteiger partial charge in [-0.2, -0.15) is 5.26 Å². The standard InChI is InChI=1S/C14H18FN3/c1-10-4-11(6-16)8-18(10)9-12-2-3-14(15)5-13(12)7-17/h2-3,5,10-11H,4,6,8-9,16H2,1H3. The lowest BCUT2D eigenvalue weighted by molar-refractivity contribution is 0.255. The number of rotatable bonds is 3. The predicted molar refractivity (Wildman–Crippen MR) is 68.1 cm³/mol. The first-order chi connectivity index (χ1) is 8.63. The molecule has 4 heteroatoms. The summed E-state index contributed by atoms with van der Waals surface area (Å²) in [5, 5.41) is 9.03. The molecule has 1 aliphatic rings. The summed E-state index contributed by atoms with van der Waals surface area (Å²) < 4.78 is 13.1. The molecule has 18 heavy (non-hydrogen) atoms. The molecule has 0 radical (unpaired) electrons. The maximum Gasteiger partial charge on any atom is 0.124 e. The van der Waals surface area contributed by atoms with Crippen molar-refractivity contribution in [2.75, 3.05) is 13.1 Å². The molecule has 1 aliphatic heterocycles. The third-order valence-corrected chi connectivity index (χ3v) is 3.69. The molecule has 1 aromatic rings. The van der Waals surface area contributed by atoms with Crippen molar-refractivity contribution in [2.24, 2.45) is 11.7 Å². The van der Waals surface area contributed by atoms with Gasteiger partial charge in [0, 0.05) is 19.1 Å². The Balaban J connectivity index is 2.13. The van der Waals surface area contributed by atoms with Crippen molar-refractivity contribution >= 4 is 0 Å². The smallest absolute Gasteiger partial charge is 0.124 e. The van der Waals surface area contributed by atoms with Gasteiger partial charge in [-0.25, -0.2) is 4.39 Å². The Hall–Kier alpha value is -1.44. The van der Waals surface area contributed by atoms with Crippen molar-refractivity contribution in [3.05, 3.63) is 35.1 Å². The highest BCUT2D eigenvalue weighted by molar-refractivity contribution is 5.37. The lowest BCUT2D eigenvalue weighted by Gasteiger charge is -2.21. The average Bonchev–Trinajstić information content (AvgIpc) is 2.72. The van der Waals surface area contributed by atoms with Crippen LogP contribution < -0.4 is 5.73 Å². The van der Waals surface area contributed by atoms with E-state index in [2.05, 4.69) is 17.9 Å². The zero-order valence-corrected chi connectivity index (χ0v) is 10.6. The Bertz CT molecular complexity index is 467. The van der Waals surface area contributed by atoms with E-state index in [-0.39, 0.29) is 5.82 Å². The molecule has 0 aromatic heterocycles. The van der Waals surface area contributed by atoms with Crippen LogP contribution in [0, 0.1) is 23.1 Å². The molecule has 3 nitrogen and oxygen atoms in total. The van der Waals surface area contributed by atoms with Crippen LogP contribution in [0.1, 0.15) is 24.5 Å². The Kier molecular flexibility index (Phi) is 3.95. The fourth-order valence-corrected chi connectivity index (χ4v) is 2.62. The summed E-state index contributed by atoms with van der Waals surface area (Å²) in [5.74, 6) is 0.176. The maximum atomic E-state index is 13.1. The first kappa shape index (κ1) is 13.0. The van der Waals surface area contributed by atoms with E-state index in [0.29, 0.717) is 30.6 Å². The number of nitrogens with two attached hydrogens (primary N) is 1. The van der Waals surface area contributed by atoms with Gasteiger partial charge < -0.3 is 5.73 Å². The number of likely N-dealkylation sites (tertiary alicyclic amines) is 1. The molecule has 1 saturated heterocycles. The Labute approximate surface area is 107 Å². The molecule has 0 spiro atoms. The van der Waals surface area contributed by atoms with Crippen molar-refractivity contribution in [1.82, 2.24) is 4.90 Å². The van der Waals surface area contributed by atoms with Crippen molar-refractivity contribution < 1.29 is 4.39 Å². The SMILES string of the molecule is CC1CC(CN)CN1Cc1ccc(F)cc1C#N. The molecular weight excluding hydrogens is 229 g/mol. The fourth-order valence-electron chi connectivity index (χ4n) is 2.62. The van der Waals surface area contributed by atoms with Crippen LogP contribution in [0.3, 0.4) is 0 Å². The second-order valence-corrected chi connectivity index (χ2v) is 5.03. The largest absolute Gasteiger partial charge is 0.330 e. The van der Waals surface area contributed by atoms with E-state index in [1.165, 1.54) is 12.1 Å². The summed E-state index contributed by atoms with van der Waals surface area (Å²) in [7, 11) is 0. The number of hydrogen-bond donors (Lipinski definition) is 1. The first-order valence-electron chi connectivity index (χ1n) is 6.26. The molecule has 0 saturated carbocycles. The highest BCUT2D eigenvalue weighted by atomic mass is 19.1. The van der Waals surface area contributed by atoms with Gasteiger partial charge in [-0.05, 0) is 43.5 Å². The summed E-state index contributed by atoms with van der Waals surface area (Å²) in [6, 6.07) is 6.95. The van der Waals surface area contributed by atoms with E-state index in [1.54, 1.807) is 6.07 Å². The van der Waals surface area contributed by atoms with Crippen LogP contribution in [0.4, 0.5) is 4.39 Å². The molecule has 1 fully saturated rings. The Morgan fingerprint density at radius 2 is 2.33 bits per heavy atom. The van der Waals surface area contributed by atoms with Gasteiger partial charge in [-0.15, -0.1) is 0 Å². The van der Waals surface area contributed by atoms with E-state index in [0.717, 1.165) is 18.5 Å². The van der Waals surface area contributed by atoms with Crippen LogP contribution in [0.15, 0.2) is 18.2 Å². The molecule has 0 amide bonds. The number of benzene rings is 1. The van der Waals surface area contributed by atoms with E-state index in [1.807, 2.05) is 0 Å². The van der Waals surface area contributed by atoms with Crippen molar-refractivity contribution in [3.63, 3.8) is 0 Å². The van der Waals surface area contributed by atoms with E-state index in [4.69, 9.17) is 11.0 Å². The second-order valence-electron chi connectivity index (χ2n) is 5.03. The highest BCUT2D eigenvalue weighted by Crippen LogP contribution is 2.25.